The summed E-state index contributed by atoms with van der Waals surface area (Å²) in [6, 6.07) is 14.1. The van der Waals surface area contributed by atoms with Crippen LogP contribution >= 0.6 is 0 Å². The minimum atomic E-state index is 0.842. The van der Waals surface area contributed by atoms with Crippen molar-refractivity contribution in [2.75, 3.05) is 7.11 Å². The minimum Gasteiger partial charge on any atom is -0.497 e. The van der Waals surface area contributed by atoms with Crippen molar-refractivity contribution in [1.82, 2.24) is 15.0 Å². The third-order valence-corrected chi connectivity index (χ3v) is 3.67. The number of aromatic nitrogens is 3. The number of hydrogen-bond acceptors (Lipinski definition) is 3. The van der Waals surface area contributed by atoms with Crippen molar-refractivity contribution in [3.05, 3.63) is 48.0 Å². The van der Waals surface area contributed by atoms with Gasteiger partial charge in [-0.15, -0.1) is 5.10 Å². The summed E-state index contributed by atoms with van der Waals surface area (Å²) < 4.78 is 7.12. The first-order valence-corrected chi connectivity index (χ1v) is 7.31. The summed E-state index contributed by atoms with van der Waals surface area (Å²) in [5.41, 5.74) is 4.35. The fourth-order valence-corrected chi connectivity index (χ4v) is 2.51. The smallest absolute Gasteiger partial charge is 0.119 e. The van der Waals surface area contributed by atoms with Crippen LogP contribution in [0.4, 0.5) is 0 Å². The topological polar surface area (TPSA) is 39.9 Å². The second-order valence-corrected chi connectivity index (χ2v) is 5.09. The maximum atomic E-state index is 5.21. The van der Waals surface area contributed by atoms with Gasteiger partial charge in [0, 0.05) is 0 Å². The Bertz CT molecular complexity index is 731. The molecule has 1 heterocycles. The summed E-state index contributed by atoms with van der Waals surface area (Å²) in [6.07, 6.45) is 3.41. The minimum absolute atomic E-state index is 0.842. The fourth-order valence-electron chi connectivity index (χ4n) is 2.51. The van der Waals surface area contributed by atoms with Gasteiger partial charge >= 0.3 is 0 Å². The van der Waals surface area contributed by atoms with E-state index in [9.17, 15) is 0 Å². The molecule has 0 unspecified atom stereocenters. The molecule has 0 atom stereocenters. The molecule has 1 aromatic heterocycles. The average Bonchev–Trinajstić information content (AvgIpc) is 2.97. The van der Waals surface area contributed by atoms with Gasteiger partial charge in [-0.3, -0.25) is 0 Å². The second kappa shape index (κ2) is 5.95. The van der Waals surface area contributed by atoms with Gasteiger partial charge < -0.3 is 4.74 Å². The number of hydrogen-bond donors (Lipinski definition) is 0. The average molecular weight is 281 g/mol. The van der Waals surface area contributed by atoms with Crippen molar-refractivity contribution >= 4 is 11.0 Å². The molecule has 0 fully saturated rings. The number of fused-ring (bicyclic) bond motifs is 1. The van der Waals surface area contributed by atoms with Crippen molar-refractivity contribution < 1.29 is 4.74 Å². The third-order valence-electron chi connectivity index (χ3n) is 3.67. The van der Waals surface area contributed by atoms with Crippen LogP contribution in [0.15, 0.2) is 42.5 Å². The van der Waals surface area contributed by atoms with E-state index in [-0.39, 0.29) is 0 Å². The van der Waals surface area contributed by atoms with Gasteiger partial charge in [0.05, 0.1) is 18.3 Å². The van der Waals surface area contributed by atoms with Crippen LogP contribution in [0.5, 0.6) is 5.75 Å². The lowest BCUT2D eigenvalue weighted by Crippen LogP contribution is -1.99. The maximum Gasteiger partial charge on any atom is 0.119 e. The van der Waals surface area contributed by atoms with E-state index >= 15 is 0 Å². The Kier molecular flexibility index (Phi) is 3.86. The predicted molar refractivity (Wildman–Crippen MR) is 84.0 cm³/mol. The molecule has 0 saturated carbocycles. The van der Waals surface area contributed by atoms with Crippen molar-refractivity contribution in [2.24, 2.45) is 0 Å². The van der Waals surface area contributed by atoms with Crippen LogP contribution in [-0.4, -0.2) is 22.1 Å². The van der Waals surface area contributed by atoms with Crippen molar-refractivity contribution in [1.29, 1.82) is 0 Å². The van der Waals surface area contributed by atoms with Crippen LogP contribution in [0.3, 0.4) is 0 Å². The molecule has 4 nitrogen and oxygen atoms in total. The van der Waals surface area contributed by atoms with Gasteiger partial charge in [0.1, 0.15) is 11.3 Å². The monoisotopic (exact) mass is 281 g/mol. The van der Waals surface area contributed by atoms with Crippen LogP contribution in [-0.2, 0) is 6.42 Å². The molecule has 0 aliphatic heterocycles. The van der Waals surface area contributed by atoms with E-state index in [1.54, 1.807) is 7.11 Å². The first-order valence-electron chi connectivity index (χ1n) is 7.31. The normalized spacial score (nSPS) is 11.0. The Labute approximate surface area is 124 Å². The van der Waals surface area contributed by atoms with Crippen LogP contribution < -0.4 is 4.74 Å². The van der Waals surface area contributed by atoms with Gasteiger partial charge in [0.2, 0.25) is 0 Å². The van der Waals surface area contributed by atoms with E-state index in [1.165, 1.54) is 18.4 Å². The molecule has 0 aliphatic rings. The predicted octanol–water partition coefficient (Wildman–Crippen LogP) is 3.77. The molecule has 21 heavy (non-hydrogen) atoms. The first-order chi connectivity index (χ1) is 10.3. The molecule has 0 amide bonds. The zero-order chi connectivity index (χ0) is 14.7. The Balaban J connectivity index is 2.08. The van der Waals surface area contributed by atoms with Gasteiger partial charge in [0.15, 0.2) is 0 Å². The second-order valence-electron chi connectivity index (χ2n) is 5.09. The number of benzene rings is 2. The Morgan fingerprint density at radius 1 is 1.10 bits per heavy atom. The quantitative estimate of drug-likeness (QED) is 0.714. The molecule has 4 heteroatoms. The lowest BCUT2D eigenvalue weighted by molar-refractivity contribution is 0.414. The molecule has 0 aliphatic carbocycles. The molecule has 3 rings (SSSR count). The van der Waals surface area contributed by atoms with E-state index in [4.69, 9.17) is 4.74 Å². The molecule has 0 spiro atoms. The van der Waals surface area contributed by atoms with E-state index in [1.807, 2.05) is 35.0 Å². The number of ether oxygens (including phenoxy) is 1. The van der Waals surface area contributed by atoms with Gasteiger partial charge in [-0.25, -0.2) is 4.68 Å². The Morgan fingerprint density at radius 2 is 1.90 bits per heavy atom. The van der Waals surface area contributed by atoms with E-state index in [2.05, 4.69) is 29.4 Å². The number of methoxy groups -OCH3 is 1. The lowest BCUT2D eigenvalue weighted by Gasteiger charge is -2.07. The SMILES string of the molecule is CCCCc1cccc2nnn(-c3ccc(OC)cc3)c12. The fraction of sp³-hybridized carbons (Fsp3) is 0.294. The number of unbranched alkanes of at least 4 members (excludes halogenated alkanes) is 1. The first kappa shape index (κ1) is 13.6. The maximum absolute atomic E-state index is 5.21. The third kappa shape index (κ3) is 2.61. The highest BCUT2D eigenvalue weighted by molar-refractivity contribution is 5.79. The summed E-state index contributed by atoms with van der Waals surface area (Å²) in [6.45, 7) is 2.21. The van der Waals surface area contributed by atoms with Gasteiger partial charge in [-0.1, -0.05) is 30.7 Å². The largest absolute Gasteiger partial charge is 0.497 e. The van der Waals surface area contributed by atoms with Crippen molar-refractivity contribution in [3.8, 4) is 11.4 Å². The van der Waals surface area contributed by atoms with Crippen molar-refractivity contribution in [2.45, 2.75) is 26.2 Å². The standard InChI is InChI=1S/C17H19N3O/c1-3-4-6-13-7-5-8-16-17(13)20(19-18-16)14-9-11-15(21-2)12-10-14/h5,7-12H,3-4,6H2,1-2H3. The van der Waals surface area contributed by atoms with Crippen LogP contribution in [0.25, 0.3) is 16.7 Å². The van der Waals surface area contributed by atoms with E-state index < -0.39 is 0 Å². The number of rotatable bonds is 5. The van der Waals surface area contributed by atoms with Gasteiger partial charge in [-0.2, -0.15) is 0 Å². The van der Waals surface area contributed by atoms with Crippen LogP contribution in [0.1, 0.15) is 25.3 Å². The molecule has 3 aromatic rings. The summed E-state index contributed by atoms with van der Waals surface area (Å²) >= 11 is 0. The number of nitrogens with zero attached hydrogens (tertiary/aromatic N) is 3. The highest BCUT2D eigenvalue weighted by Gasteiger charge is 2.10. The molecule has 2 aromatic carbocycles. The molecular weight excluding hydrogens is 262 g/mol. The van der Waals surface area contributed by atoms with Gasteiger partial charge in [0.25, 0.3) is 0 Å². The van der Waals surface area contributed by atoms with Crippen LogP contribution in [0.2, 0.25) is 0 Å². The molecule has 0 N–H and O–H groups in total. The summed E-state index contributed by atoms with van der Waals surface area (Å²) in [5, 5.41) is 8.60. The molecular formula is C17H19N3O. The zero-order valence-electron chi connectivity index (χ0n) is 12.4. The zero-order valence-corrected chi connectivity index (χ0v) is 12.4. The molecule has 0 bridgehead atoms. The van der Waals surface area contributed by atoms with Crippen molar-refractivity contribution in [3.63, 3.8) is 0 Å². The lowest BCUT2D eigenvalue weighted by atomic mass is 10.1. The Hall–Kier alpha value is -2.36. The summed E-state index contributed by atoms with van der Waals surface area (Å²) in [7, 11) is 1.67. The highest BCUT2D eigenvalue weighted by Crippen LogP contribution is 2.23. The summed E-state index contributed by atoms with van der Waals surface area (Å²) in [5.74, 6) is 0.842. The van der Waals surface area contributed by atoms with Crippen LogP contribution in [0, 0.1) is 0 Å². The molecule has 0 saturated heterocycles. The summed E-state index contributed by atoms with van der Waals surface area (Å²) in [4.78, 5) is 0. The molecule has 108 valence electrons. The van der Waals surface area contributed by atoms with E-state index in [0.717, 1.165) is 28.9 Å². The number of aryl methyl sites for hydroxylation is 1. The Morgan fingerprint density at radius 3 is 2.62 bits per heavy atom. The number of para-hydroxylation sites is 1. The van der Waals surface area contributed by atoms with E-state index in [0.29, 0.717) is 0 Å². The molecule has 0 radical (unpaired) electrons. The highest BCUT2D eigenvalue weighted by atomic mass is 16.5. The van der Waals surface area contributed by atoms with Gasteiger partial charge in [-0.05, 0) is 48.7 Å².